The van der Waals surface area contributed by atoms with E-state index < -0.39 is 5.38 Å². The molecule has 1 N–H and O–H groups in total. The molecule has 2 nitrogen and oxygen atoms in total. The summed E-state index contributed by atoms with van der Waals surface area (Å²) in [7, 11) is 0. The molecule has 0 spiro atoms. The summed E-state index contributed by atoms with van der Waals surface area (Å²) in [6.07, 6.45) is 1.86. The molecule has 0 saturated heterocycles. The van der Waals surface area contributed by atoms with Crippen molar-refractivity contribution >= 4 is 29.1 Å². The number of Topliss-reactive ketones (excluding diaryl/α,β-unsaturated/α-hetero) is 1. The van der Waals surface area contributed by atoms with E-state index in [0.717, 1.165) is 4.90 Å². The van der Waals surface area contributed by atoms with Crippen molar-refractivity contribution in [3.05, 3.63) is 23.8 Å². The van der Waals surface area contributed by atoms with Crippen LogP contribution in [-0.2, 0) is 4.79 Å². The molecule has 0 aromatic heterocycles. The predicted octanol–water partition coefficient (Wildman–Crippen LogP) is 2.98. The lowest BCUT2D eigenvalue weighted by atomic mass is 10.1. The summed E-state index contributed by atoms with van der Waals surface area (Å²) in [5, 5.41) is 8.99. The van der Waals surface area contributed by atoms with Crippen LogP contribution in [0.5, 0.6) is 5.75 Å². The quantitative estimate of drug-likeness (QED) is 0.641. The van der Waals surface area contributed by atoms with Gasteiger partial charge in [-0.15, -0.1) is 23.4 Å². The number of rotatable bonds is 3. The van der Waals surface area contributed by atoms with Gasteiger partial charge in [-0.2, -0.15) is 0 Å². The number of ketones is 1. The van der Waals surface area contributed by atoms with Gasteiger partial charge in [-0.1, -0.05) is 12.1 Å². The van der Waals surface area contributed by atoms with Crippen molar-refractivity contribution in [1.82, 2.24) is 0 Å². The number of aromatic hydroxyl groups is 1. The molecule has 1 unspecified atom stereocenters. The predicted molar refractivity (Wildman–Crippen MR) is 59.2 cm³/mol. The highest BCUT2D eigenvalue weighted by molar-refractivity contribution is 7.98. The summed E-state index contributed by atoms with van der Waals surface area (Å²) < 4.78 is 0. The Balaban J connectivity index is 3.15. The fraction of sp³-hybridized carbons (Fsp3) is 0.300. The molecule has 0 saturated carbocycles. The molecular weight excluding hydrogens is 220 g/mol. The molecule has 1 rings (SSSR count). The molecule has 76 valence electrons. The van der Waals surface area contributed by atoms with Gasteiger partial charge in [0.2, 0.25) is 0 Å². The van der Waals surface area contributed by atoms with Crippen molar-refractivity contribution in [2.75, 3.05) is 6.26 Å². The van der Waals surface area contributed by atoms with Gasteiger partial charge in [0.05, 0.1) is 0 Å². The Bertz CT molecular complexity index is 352. The number of thioether (sulfide) groups is 1. The Morgan fingerprint density at radius 1 is 1.57 bits per heavy atom. The van der Waals surface area contributed by atoms with E-state index >= 15 is 0 Å². The number of benzene rings is 1. The summed E-state index contributed by atoms with van der Waals surface area (Å²) >= 11 is 7.28. The van der Waals surface area contributed by atoms with Gasteiger partial charge < -0.3 is 5.11 Å². The van der Waals surface area contributed by atoms with E-state index in [0.29, 0.717) is 5.56 Å². The molecule has 0 amide bonds. The van der Waals surface area contributed by atoms with Crippen LogP contribution < -0.4 is 0 Å². The molecule has 14 heavy (non-hydrogen) atoms. The minimum atomic E-state index is -0.762. The molecule has 0 aliphatic heterocycles. The fourth-order valence-electron chi connectivity index (χ4n) is 1.13. The first-order valence-corrected chi connectivity index (χ1v) is 5.74. The SMILES string of the molecule is CSc1cccc(C(Cl)C(C)=O)c1O. The van der Waals surface area contributed by atoms with Crippen LogP contribution in [-0.4, -0.2) is 17.1 Å². The Labute approximate surface area is 92.3 Å². The zero-order chi connectivity index (χ0) is 10.7. The van der Waals surface area contributed by atoms with Gasteiger partial charge in [0.1, 0.15) is 11.1 Å². The van der Waals surface area contributed by atoms with E-state index in [1.807, 2.05) is 6.26 Å². The topological polar surface area (TPSA) is 37.3 Å². The van der Waals surface area contributed by atoms with Crippen molar-refractivity contribution in [2.45, 2.75) is 17.2 Å². The monoisotopic (exact) mass is 230 g/mol. The normalized spacial score (nSPS) is 12.5. The van der Waals surface area contributed by atoms with Crippen LogP contribution in [0, 0.1) is 0 Å². The number of alkyl halides is 1. The molecule has 0 aliphatic rings. The zero-order valence-electron chi connectivity index (χ0n) is 7.95. The summed E-state index contributed by atoms with van der Waals surface area (Å²) in [5.41, 5.74) is 0.478. The van der Waals surface area contributed by atoms with Crippen molar-refractivity contribution < 1.29 is 9.90 Å². The largest absolute Gasteiger partial charge is 0.506 e. The van der Waals surface area contributed by atoms with E-state index in [4.69, 9.17) is 11.6 Å². The first-order chi connectivity index (χ1) is 6.57. The van der Waals surface area contributed by atoms with Crippen LogP contribution in [0.3, 0.4) is 0 Å². The van der Waals surface area contributed by atoms with Crippen LogP contribution in [0.1, 0.15) is 17.9 Å². The maximum atomic E-state index is 11.0. The van der Waals surface area contributed by atoms with Gasteiger partial charge >= 0.3 is 0 Å². The lowest BCUT2D eigenvalue weighted by molar-refractivity contribution is -0.116. The van der Waals surface area contributed by atoms with Crippen molar-refractivity contribution in [1.29, 1.82) is 0 Å². The summed E-state index contributed by atoms with van der Waals surface area (Å²) in [6.45, 7) is 1.41. The van der Waals surface area contributed by atoms with E-state index in [9.17, 15) is 9.90 Å². The summed E-state index contributed by atoms with van der Waals surface area (Å²) in [5.74, 6) is -0.0598. The average Bonchev–Trinajstić information content (AvgIpc) is 2.17. The molecule has 0 fully saturated rings. The van der Waals surface area contributed by atoms with E-state index in [1.165, 1.54) is 18.7 Å². The van der Waals surface area contributed by atoms with Crippen molar-refractivity contribution in [3.63, 3.8) is 0 Å². The highest BCUT2D eigenvalue weighted by atomic mass is 35.5. The van der Waals surface area contributed by atoms with Crippen LogP contribution in [0.2, 0.25) is 0 Å². The first kappa shape index (κ1) is 11.4. The van der Waals surface area contributed by atoms with E-state index in [1.54, 1.807) is 18.2 Å². The molecule has 0 radical (unpaired) electrons. The van der Waals surface area contributed by atoms with Crippen LogP contribution in [0.15, 0.2) is 23.1 Å². The second-order valence-electron chi connectivity index (χ2n) is 2.87. The van der Waals surface area contributed by atoms with Gasteiger partial charge in [-0.3, -0.25) is 4.79 Å². The maximum Gasteiger partial charge on any atom is 0.152 e. The van der Waals surface area contributed by atoms with Crippen LogP contribution in [0.4, 0.5) is 0 Å². The van der Waals surface area contributed by atoms with E-state index in [-0.39, 0.29) is 11.5 Å². The Hall–Kier alpha value is -0.670. The molecule has 0 heterocycles. The third kappa shape index (κ3) is 2.22. The highest BCUT2D eigenvalue weighted by Crippen LogP contribution is 2.36. The second kappa shape index (κ2) is 4.71. The summed E-state index contributed by atoms with van der Waals surface area (Å²) in [6, 6.07) is 5.22. The molecule has 0 aliphatic carbocycles. The third-order valence-corrected chi connectivity index (χ3v) is 3.19. The van der Waals surface area contributed by atoms with Crippen LogP contribution in [0.25, 0.3) is 0 Å². The smallest absolute Gasteiger partial charge is 0.152 e. The molecule has 1 aromatic carbocycles. The van der Waals surface area contributed by atoms with E-state index in [2.05, 4.69) is 0 Å². The fourth-order valence-corrected chi connectivity index (χ4v) is 1.83. The number of carbonyl (C=O) groups is 1. The number of hydrogen-bond acceptors (Lipinski definition) is 3. The van der Waals surface area contributed by atoms with Gasteiger partial charge in [0.15, 0.2) is 5.78 Å². The van der Waals surface area contributed by atoms with Crippen LogP contribution >= 0.6 is 23.4 Å². The minimum absolute atomic E-state index is 0.107. The number of phenolic OH excluding ortho intramolecular Hbond substituents is 1. The Morgan fingerprint density at radius 2 is 2.21 bits per heavy atom. The zero-order valence-corrected chi connectivity index (χ0v) is 9.52. The number of halogens is 1. The van der Waals surface area contributed by atoms with Gasteiger partial charge in [-0.05, 0) is 19.2 Å². The molecule has 0 bridgehead atoms. The molecule has 1 aromatic rings. The third-order valence-electron chi connectivity index (χ3n) is 1.88. The van der Waals surface area contributed by atoms with Gasteiger partial charge in [0, 0.05) is 10.5 Å². The highest BCUT2D eigenvalue weighted by Gasteiger charge is 2.18. The Morgan fingerprint density at radius 3 is 2.71 bits per heavy atom. The molecule has 1 atom stereocenters. The number of carbonyl (C=O) groups excluding carboxylic acids is 1. The second-order valence-corrected chi connectivity index (χ2v) is 4.16. The van der Waals surface area contributed by atoms with Gasteiger partial charge in [0.25, 0.3) is 0 Å². The lowest BCUT2D eigenvalue weighted by Crippen LogP contribution is -2.01. The van der Waals surface area contributed by atoms with Crippen molar-refractivity contribution in [3.8, 4) is 5.75 Å². The summed E-state index contributed by atoms with van der Waals surface area (Å²) in [4.78, 5) is 11.8. The van der Waals surface area contributed by atoms with Gasteiger partial charge in [-0.25, -0.2) is 0 Å². The first-order valence-electron chi connectivity index (χ1n) is 4.08. The maximum absolute atomic E-state index is 11.0. The number of hydrogen-bond donors (Lipinski definition) is 1. The molecule has 4 heteroatoms. The standard InChI is InChI=1S/C10H11ClO2S/c1-6(12)9(11)7-4-3-5-8(14-2)10(7)13/h3-5,9,13H,1-2H3. The molecular formula is C10H11ClO2S. The van der Waals surface area contributed by atoms with Crippen molar-refractivity contribution in [2.24, 2.45) is 0 Å². The minimum Gasteiger partial charge on any atom is -0.506 e. The number of phenols is 1. The number of para-hydroxylation sites is 1. The Kier molecular flexibility index (Phi) is 3.84. The average molecular weight is 231 g/mol. The lowest BCUT2D eigenvalue weighted by Gasteiger charge is -2.10.